The number of benzene rings is 1. The number of anilines is 1. The first-order valence-electron chi connectivity index (χ1n) is 7.54. The number of hydrogen-bond donors (Lipinski definition) is 2. The lowest BCUT2D eigenvalue weighted by atomic mass is 10.0. The Hall–Kier alpha value is -1.33. The molecule has 2 rings (SSSR count). The molecular weight excluding hydrogens is 307 g/mol. The predicted molar refractivity (Wildman–Crippen MR) is 85.6 cm³/mol. The molecule has 0 aliphatic carbocycles. The van der Waals surface area contributed by atoms with Crippen molar-refractivity contribution in [2.45, 2.75) is 38.8 Å². The summed E-state index contributed by atoms with van der Waals surface area (Å²) in [6.45, 7) is 5.20. The third kappa shape index (κ3) is 4.34. The Labute approximate surface area is 135 Å². The zero-order valence-electron chi connectivity index (χ0n) is 12.9. The van der Waals surface area contributed by atoms with Gasteiger partial charge < -0.3 is 15.3 Å². The molecule has 0 saturated carbocycles. The molecule has 6 heteroatoms. The maximum atomic E-state index is 13.2. The summed E-state index contributed by atoms with van der Waals surface area (Å²) >= 11 is 5.80. The van der Waals surface area contributed by atoms with Gasteiger partial charge in [0.2, 0.25) is 5.91 Å². The normalized spacial score (nSPS) is 19.5. The highest BCUT2D eigenvalue weighted by Crippen LogP contribution is 2.25. The van der Waals surface area contributed by atoms with Gasteiger partial charge in [-0.2, -0.15) is 0 Å². The van der Waals surface area contributed by atoms with E-state index in [1.807, 2.05) is 13.8 Å². The Morgan fingerprint density at radius 1 is 1.55 bits per heavy atom. The Bertz CT molecular complexity index is 539. The Morgan fingerprint density at radius 2 is 2.27 bits per heavy atom. The van der Waals surface area contributed by atoms with Crippen LogP contribution in [0, 0.1) is 11.7 Å². The van der Waals surface area contributed by atoms with Crippen molar-refractivity contribution >= 4 is 23.2 Å². The number of carbonyl (C=O) groups excluding carboxylic acids is 1. The van der Waals surface area contributed by atoms with E-state index in [9.17, 15) is 14.3 Å². The maximum absolute atomic E-state index is 13.2. The second kappa shape index (κ2) is 7.29. The van der Waals surface area contributed by atoms with Crippen molar-refractivity contribution in [1.29, 1.82) is 0 Å². The molecule has 1 amide bonds. The van der Waals surface area contributed by atoms with Crippen molar-refractivity contribution in [2.24, 2.45) is 5.92 Å². The van der Waals surface area contributed by atoms with E-state index in [0.29, 0.717) is 6.54 Å². The Morgan fingerprint density at radius 3 is 2.91 bits per heavy atom. The minimum atomic E-state index is -0.617. The van der Waals surface area contributed by atoms with Crippen molar-refractivity contribution in [2.75, 3.05) is 18.0 Å². The summed E-state index contributed by atoms with van der Waals surface area (Å²) in [6, 6.07) is 4.68. The molecule has 0 bridgehead atoms. The molecule has 1 aliphatic rings. The number of hydrogen-bond acceptors (Lipinski definition) is 3. The molecule has 0 spiro atoms. The summed E-state index contributed by atoms with van der Waals surface area (Å²) in [6.07, 6.45) is 0.322. The number of carbonyl (C=O) groups is 1. The van der Waals surface area contributed by atoms with Crippen LogP contribution in [0.1, 0.15) is 26.7 Å². The second-order valence-corrected chi connectivity index (χ2v) is 6.52. The summed E-state index contributed by atoms with van der Waals surface area (Å²) in [5, 5.41) is 12.8. The molecule has 1 aromatic carbocycles. The number of nitrogens with one attached hydrogen (secondary N) is 1. The number of aliphatic hydroxyl groups is 1. The molecule has 2 atom stereocenters. The van der Waals surface area contributed by atoms with Gasteiger partial charge in [-0.3, -0.25) is 4.79 Å². The summed E-state index contributed by atoms with van der Waals surface area (Å²) in [4.78, 5) is 14.0. The molecule has 1 aromatic rings. The van der Waals surface area contributed by atoms with Crippen LogP contribution in [-0.2, 0) is 4.79 Å². The fourth-order valence-corrected chi connectivity index (χ4v) is 2.68. The smallest absolute Gasteiger partial charge is 0.222 e. The summed E-state index contributed by atoms with van der Waals surface area (Å²) in [5.74, 6) is -0.505. The van der Waals surface area contributed by atoms with E-state index in [4.69, 9.17) is 11.6 Å². The van der Waals surface area contributed by atoms with Crippen LogP contribution in [0.25, 0.3) is 0 Å². The van der Waals surface area contributed by atoms with Crippen molar-refractivity contribution in [1.82, 2.24) is 5.32 Å². The van der Waals surface area contributed by atoms with Crippen molar-refractivity contribution in [3.8, 4) is 0 Å². The van der Waals surface area contributed by atoms with Crippen LogP contribution < -0.4 is 10.2 Å². The summed E-state index contributed by atoms with van der Waals surface area (Å²) in [5.41, 5.74) is 0.852. The van der Waals surface area contributed by atoms with Crippen LogP contribution in [0.15, 0.2) is 18.2 Å². The molecule has 22 heavy (non-hydrogen) atoms. The third-order valence-corrected chi connectivity index (χ3v) is 4.28. The van der Waals surface area contributed by atoms with Crippen LogP contribution in [0.3, 0.4) is 0 Å². The van der Waals surface area contributed by atoms with Gasteiger partial charge in [0, 0.05) is 24.8 Å². The highest BCUT2D eigenvalue weighted by molar-refractivity contribution is 6.31. The van der Waals surface area contributed by atoms with Crippen molar-refractivity contribution in [3.05, 3.63) is 29.0 Å². The molecule has 0 aromatic heterocycles. The fourth-order valence-electron chi connectivity index (χ4n) is 2.51. The zero-order valence-corrected chi connectivity index (χ0v) is 13.6. The van der Waals surface area contributed by atoms with Crippen molar-refractivity contribution < 1.29 is 14.3 Å². The molecule has 0 radical (unpaired) electrons. The molecule has 1 heterocycles. The van der Waals surface area contributed by atoms with E-state index < -0.39 is 11.9 Å². The van der Waals surface area contributed by atoms with Gasteiger partial charge in [-0.25, -0.2) is 4.39 Å². The minimum absolute atomic E-state index is 0.0377. The average molecular weight is 329 g/mol. The van der Waals surface area contributed by atoms with Gasteiger partial charge in [0.15, 0.2) is 0 Å². The number of halogens is 2. The SMILES string of the molecule is CC(C)C(O)CC(=O)NC1CCN(c2ccc(F)c(Cl)c2)C1. The largest absolute Gasteiger partial charge is 0.392 e. The van der Waals surface area contributed by atoms with Crippen LogP contribution >= 0.6 is 11.6 Å². The summed E-state index contributed by atoms with van der Waals surface area (Å²) in [7, 11) is 0. The number of amides is 1. The minimum Gasteiger partial charge on any atom is -0.392 e. The van der Waals surface area contributed by atoms with Crippen LogP contribution in [0.4, 0.5) is 10.1 Å². The molecular formula is C16H22ClFN2O2. The van der Waals surface area contributed by atoms with E-state index in [2.05, 4.69) is 10.2 Å². The molecule has 1 aliphatic heterocycles. The first-order valence-corrected chi connectivity index (χ1v) is 7.92. The highest BCUT2D eigenvalue weighted by atomic mass is 35.5. The molecule has 1 saturated heterocycles. The van der Waals surface area contributed by atoms with E-state index in [0.717, 1.165) is 18.7 Å². The average Bonchev–Trinajstić information content (AvgIpc) is 2.90. The zero-order chi connectivity index (χ0) is 16.3. The lowest BCUT2D eigenvalue weighted by molar-refractivity contribution is -0.124. The van der Waals surface area contributed by atoms with Crippen LogP contribution in [0.2, 0.25) is 5.02 Å². The van der Waals surface area contributed by atoms with Gasteiger partial charge in [-0.1, -0.05) is 25.4 Å². The predicted octanol–water partition coefficient (Wildman–Crippen LogP) is 2.58. The first-order chi connectivity index (χ1) is 10.4. The van der Waals surface area contributed by atoms with E-state index in [1.165, 1.54) is 6.07 Å². The lowest BCUT2D eigenvalue weighted by Crippen LogP contribution is -2.39. The highest BCUT2D eigenvalue weighted by Gasteiger charge is 2.25. The van der Waals surface area contributed by atoms with Gasteiger partial charge in [-0.15, -0.1) is 0 Å². The molecule has 2 unspecified atom stereocenters. The Kier molecular flexibility index (Phi) is 5.64. The van der Waals surface area contributed by atoms with E-state index in [-0.39, 0.29) is 29.3 Å². The maximum Gasteiger partial charge on any atom is 0.222 e. The second-order valence-electron chi connectivity index (χ2n) is 6.11. The van der Waals surface area contributed by atoms with Crippen LogP contribution in [0.5, 0.6) is 0 Å². The molecule has 4 nitrogen and oxygen atoms in total. The van der Waals surface area contributed by atoms with Gasteiger partial charge in [0.25, 0.3) is 0 Å². The monoisotopic (exact) mass is 328 g/mol. The van der Waals surface area contributed by atoms with Crippen molar-refractivity contribution in [3.63, 3.8) is 0 Å². The number of nitrogens with zero attached hydrogens (tertiary/aromatic N) is 1. The molecule has 1 fully saturated rings. The summed E-state index contributed by atoms with van der Waals surface area (Å²) < 4.78 is 13.2. The third-order valence-electron chi connectivity index (χ3n) is 3.99. The van der Waals surface area contributed by atoms with Gasteiger partial charge in [0.1, 0.15) is 5.82 Å². The van der Waals surface area contributed by atoms with Crippen LogP contribution in [-0.4, -0.2) is 36.2 Å². The van der Waals surface area contributed by atoms with Gasteiger partial charge in [0.05, 0.1) is 17.5 Å². The first kappa shape index (κ1) is 17.0. The fraction of sp³-hybridized carbons (Fsp3) is 0.562. The topological polar surface area (TPSA) is 52.6 Å². The van der Waals surface area contributed by atoms with E-state index in [1.54, 1.807) is 12.1 Å². The van der Waals surface area contributed by atoms with Gasteiger partial charge in [-0.05, 0) is 30.5 Å². The van der Waals surface area contributed by atoms with E-state index >= 15 is 0 Å². The Balaban J connectivity index is 1.87. The van der Waals surface area contributed by atoms with Gasteiger partial charge >= 0.3 is 0 Å². The molecule has 122 valence electrons. The standard InChI is InChI=1S/C16H22ClFN2O2/c1-10(2)15(21)8-16(22)19-11-5-6-20(9-11)12-3-4-14(18)13(17)7-12/h3-4,7,10-11,15,21H,5-6,8-9H2,1-2H3,(H,19,22). The molecule has 2 N–H and O–H groups in total. The lowest BCUT2D eigenvalue weighted by Gasteiger charge is -2.20. The quantitative estimate of drug-likeness (QED) is 0.873. The number of rotatable bonds is 5. The number of aliphatic hydroxyl groups excluding tert-OH is 1.